The summed E-state index contributed by atoms with van der Waals surface area (Å²) in [5.41, 5.74) is -0.629. The first-order valence-corrected chi connectivity index (χ1v) is 14.2. The van der Waals surface area contributed by atoms with Crippen molar-refractivity contribution in [1.82, 2.24) is 0 Å². The molecular weight excluding hydrogens is 460 g/mol. The van der Waals surface area contributed by atoms with Gasteiger partial charge in [0.1, 0.15) is 12.7 Å². The number of fused-ring (bicyclic) bond motifs is 1. The second-order valence-electron chi connectivity index (χ2n) is 11.3. The molecule has 0 amide bonds. The second-order valence-corrected chi connectivity index (χ2v) is 15.6. The number of carbonyl (C=O) groups is 1. The summed E-state index contributed by atoms with van der Waals surface area (Å²) in [4.78, 5) is 11.7. The van der Waals surface area contributed by atoms with E-state index in [1.165, 1.54) is 17.3 Å². The van der Waals surface area contributed by atoms with Crippen LogP contribution in [0.15, 0.2) is 60.7 Å². The lowest BCUT2D eigenvalue weighted by molar-refractivity contribution is -0.224. The summed E-state index contributed by atoms with van der Waals surface area (Å²) in [6, 6.07) is 21.0. The fourth-order valence-electron chi connectivity index (χ4n) is 5.40. The molecule has 2 fully saturated rings. The standard InChI is InChI=1S/C28H38O6Si/c1-20(29)30-19-28(7)23(32-25-24(28)33-27(5,6)34-25)18-31-35(26(2,3)4,21-14-10-8-11-15-21)22-16-12-9-13-17-22/h8-17,23-25H,18-19H2,1-7H3/t23-,24+,25-,28-/m1/s1. The van der Waals surface area contributed by atoms with Gasteiger partial charge in [-0.15, -0.1) is 0 Å². The minimum atomic E-state index is -2.76. The van der Waals surface area contributed by atoms with Crippen LogP contribution in [-0.2, 0) is 28.2 Å². The molecule has 2 aliphatic rings. The van der Waals surface area contributed by atoms with E-state index in [0.29, 0.717) is 6.61 Å². The minimum Gasteiger partial charge on any atom is -0.465 e. The van der Waals surface area contributed by atoms with Gasteiger partial charge >= 0.3 is 5.97 Å². The second kappa shape index (κ2) is 9.45. The van der Waals surface area contributed by atoms with Gasteiger partial charge in [0, 0.05) is 6.92 Å². The third-order valence-electron chi connectivity index (χ3n) is 7.20. The summed E-state index contributed by atoms with van der Waals surface area (Å²) < 4.78 is 31.3. The Bertz CT molecular complexity index is 979. The zero-order valence-electron chi connectivity index (χ0n) is 21.9. The number of esters is 1. The Kier molecular flexibility index (Phi) is 7.03. The largest absolute Gasteiger partial charge is 0.465 e. The molecule has 0 radical (unpaired) electrons. The smallest absolute Gasteiger partial charge is 0.302 e. The molecule has 2 aliphatic heterocycles. The van der Waals surface area contributed by atoms with Gasteiger partial charge in [0.05, 0.1) is 18.1 Å². The SMILES string of the molecule is CC(=O)OC[C@]1(C)[C@@H](CO[Si](c2ccccc2)(c2ccccc2)C(C)(C)C)O[C@@H]2OC(C)(C)O[C@@H]21. The molecule has 2 aromatic carbocycles. The van der Waals surface area contributed by atoms with Crippen molar-refractivity contribution in [3.63, 3.8) is 0 Å². The van der Waals surface area contributed by atoms with E-state index in [-0.39, 0.29) is 29.8 Å². The normalized spacial score (nSPS) is 28.0. The zero-order valence-corrected chi connectivity index (χ0v) is 22.9. The van der Waals surface area contributed by atoms with Gasteiger partial charge in [-0.25, -0.2) is 0 Å². The van der Waals surface area contributed by atoms with Crippen LogP contribution in [0.3, 0.4) is 0 Å². The first-order chi connectivity index (χ1) is 16.4. The molecule has 0 N–H and O–H groups in total. The van der Waals surface area contributed by atoms with Crippen molar-refractivity contribution in [1.29, 1.82) is 0 Å². The van der Waals surface area contributed by atoms with Crippen molar-refractivity contribution in [3.05, 3.63) is 60.7 Å². The highest BCUT2D eigenvalue weighted by atomic mass is 28.4. The van der Waals surface area contributed by atoms with Crippen LogP contribution in [0.5, 0.6) is 0 Å². The molecule has 7 heteroatoms. The van der Waals surface area contributed by atoms with Crippen molar-refractivity contribution in [2.45, 2.75) is 77.8 Å². The molecule has 6 nitrogen and oxygen atoms in total. The van der Waals surface area contributed by atoms with Gasteiger partial charge in [0.2, 0.25) is 0 Å². The van der Waals surface area contributed by atoms with Crippen molar-refractivity contribution < 1.29 is 28.2 Å². The van der Waals surface area contributed by atoms with E-state index < -0.39 is 25.8 Å². The molecule has 2 heterocycles. The van der Waals surface area contributed by atoms with Crippen LogP contribution in [0.25, 0.3) is 0 Å². The summed E-state index contributed by atoms with van der Waals surface area (Å²) in [5.74, 6) is -1.10. The van der Waals surface area contributed by atoms with E-state index >= 15 is 0 Å². The van der Waals surface area contributed by atoms with Crippen LogP contribution in [0, 0.1) is 5.41 Å². The molecule has 0 aliphatic carbocycles. The summed E-state index contributed by atoms with van der Waals surface area (Å²) in [6.07, 6.45) is -1.29. The highest BCUT2D eigenvalue weighted by molar-refractivity contribution is 6.99. The van der Waals surface area contributed by atoms with Gasteiger partial charge in [0.25, 0.3) is 8.32 Å². The van der Waals surface area contributed by atoms with Crippen LogP contribution in [-0.4, -0.2) is 51.8 Å². The highest BCUT2D eigenvalue weighted by Gasteiger charge is 2.62. The molecular formula is C28H38O6Si. The molecule has 0 spiro atoms. The molecule has 2 saturated heterocycles. The Balaban J connectivity index is 1.71. The number of carbonyl (C=O) groups excluding carboxylic acids is 1. The summed E-state index contributed by atoms with van der Waals surface area (Å²) >= 11 is 0. The monoisotopic (exact) mass is 498 g/mol. The lowest BCUT2D eigenvalue weighted by Gasteiger charge is -2.44. The Hall–Kier alpha value is -2.03. The molecule has 4 rings (SSSR count). The van der Waals surface area contributed by atoms with Crippen molar-refractivity contribution in [3.8, 4) is 0 Å². The molecule has 190 valence electrons. The number of ether oxygens (including phenoxy) is 4. The molecule has 0 bridgehead atoms. The average molecular weight is 499 g/mol. The number of rotatable bonds is 7. The zero-order chi connectivity index (χ0) is 25.5. The first-order valence-electron chi connectivity index (χ1n) is 12.3. The summed E-state index contributed by atoms with van der Waals surface area (Å²) in [7, 11) is -2.76. The predicted molar refractivity (Wildman–Crippen MR) is 137 cm³/mol. The third-order valence-corrected chi connectivity index (χ3v) is 12.2. The van der Waals surface area contributed by atoms with Crippen LogP contribution < -0.4 is 10.4 Å². The maximum atomic E-state index is 11.7. The molecule has 35 heavy (non-hydrogen) atoms. The highest BCUT2D eigenvalue weighted by Crippen LogP contribution is 2.49. The van der Waals surface area contributed by atoms with Crippen LogP contribution in [0.1, 0.15) is 48.5 Å². The molecule has 0 unspecified atom stereocenters. The summed E-state index contributed by atoms with van der Waals surface area (Å²) in [5, 5.41) is 2.24. The maximum Gasteiger partial charge on any atom is 0.302 e. The molecule has 4 atom stereocenters. The number of hydrogen-bond donors (Lipinski definition) is 0. The van der Waals surface area contributed by atoms with Crippen LogP contribution in [0.2, 0.25) is 5.04 Å². The van der Waals surface area contributed by atoms with Crippen molar-refractivity contribution >= 4 is 24.7 Å². The van der Waals surface area contributed by atoms with Crippen LogP contribution >= 0.6 is 0 Å². The van der Waals surface area contributed by atoms with Crippen LogP contribution in [0.4, 0.5) is 0 Å². The molecule has 0 saturated carbocycles. The minimum absolute atomic E-state index is 0.161. The van der Waals surface area contributed by atoms with E-state index in [4.69, 9.17) is 23.4 Å². The van der Waals surface area contributed by atoms with Gasteiger partial charge in [-0.1, -0.05) is 88.4 Å². The van der Waals surface area contributed by atoms with E-state index in [0.717, 1.165) is 0 Å². The van der Waals surface area contributed by atoms with Gasteiger partial charge in [-0.3, -0.25) is 4.79 Å². The fourth-order valence-corrected chi connectivity index (χ4v) is 9.96. The Morgan fingerprint density at radius 2 is 1.49 bits per heavy atom. The van der Waals surface area contributed by atoms with Gasteiger partial charge in [-0.05, 0) is 29.3 Å². The van der Waals surface area contributed by atoms with E-state index in [1.807, 2.05) is 32.9 Å². The molecule has 0 aromatic heterocycles. The van der Waals surface area contributed by atoms with Crippen molar-refractivity contribution in [2.24, 2.45) is 5.41 Å². The quantitative estimate of drug-likeness (QED) is 0.425. The van der Waals surface area contributed by atoms with Gasteiger partial charge in [-0.2, -0.15) is 0 Å². The Morgan fingerprint density at radius 3 is 1.97 bits per heavy atom. The predicted octanol–water partition coefficient (Wildman–Crippen LogP) is 4.01. The third kappa shape index (κ3) is 4.85. The first kappa shape index (κ1) is 26.0. The molecule has 2 aromatic rings. The van der Waals surface area contributed by atoms with Gasteiger partial charge < -0.3 is 23.4 Å². The summed E-state index contributed by atoms with van der Waals surface area (Å²) in [6.45, 7) is 14.4. The van der Waals surface area contributed by atoms with E-state index in [2.05, 4.69) is 69.3 Å². The number of hydrogen-bond acceptors (Lipinski definition) is 6. The van der Waals surface area contributed by atoms with E-state index in [9.17, 15) is 4.79 Å². The maximum absolute atomic E-state index is 11.7. The lowest BCUT2D eigenvalue weighted by atomic mass is 9.81. The average Bonchev–Trinajstić information content (AvgIpc) is 3.24. The topological polar surface area (TPSA) is 63.2 Å². The lowest BCUT2D eigenvalue weighted by Crippen LogP contribution is -2.67. The van der Waals surface area contributed by atoms with Crippen molar-refractivity contribution in [2.75, 3.05) is 13.2 Å². The van der Waals surface area contributed by atoms with Gasteiger partial charge in [0.15, 0.2) is 12.1 Å². The fraction of sp³-hybridized carbons (Fsp3) is 0.536. The van der Waals surface area contributed by atoms with E-state index in [1.54, 1.807) is 0 Å². The Morgan fingerprint density at radius 1 is 0.943 bits per heavy atom. The number of benzene rings is 2. The Labute approximate surface area is 210 Å².